The Labute approximate surface area is 158 Å². The SMILES string of the molecule is CNC(=O)c1ccc(N2CCN([C@H]3CCC[C@@H](C(C)(C)C)C3)CC2)cn1. The predicted molar refractivity (Wildman–Crippen MR) is 107 cm³/mol. The number of piperazine rings is 1. The lowest BCUT2D eigenvalue weighted by molar-refractivity contribution is 0.0797. The van der Waals surface area contributed by atoms with Crippen molar-refractivity contribution in [1.29, 1.82) is 0 Å². The molecule has 1 aromatic heterocycles. The Morgan fingerprint density at radius 2 is 1.88 bits per heavy atom. The molecule has 2 fully saturated rings. The number of aromatic nitrogens is 1. The number of nitrogens with one attached hydrogen (secondary N) is 1. The van der Waals surface area contributed by atoms with Gasteiger partial charge >= 0.3 is 0 Å². The molecule has 0 bridgehead atoms. The van der Waals surface area contributed by atoms with Crippen molar-refractivity contribution in [3.05, 3.63) is 24.0 Å². The predicted octanol–water partition coefficient (Wildman–Crippen LogP) is 3.17. The number of pyridine rings is 1. The van der Waals surface area contributed by atoms with Gasteiger partial charge in [-0.15, -0.1) is 0 Å². The molecule has 3 rings (SSSR count). The highest BCUT2D eigenvalue weighted by Gasteiger charge is 2.34. The van der Waals surface area contributed by atoms with Gasteiger partial charge in [0.2, 0.25) is 0 Å². The first-order valence-corrected chi connectivity index (χ1v) is 10.1. The zero-order valence-corrected chi connectivity index (χ0v) is 16.8. The van der Waals surface area contributed by atoms with Crippen LogP contribution in [0.2, 0.25) is 0 Å². The van der Waals surface area contributed by atoms with Crippen LogP contribution in [-0.4, -0.2) is 55.1 Å². The quantitative estimate of drug-likeness (QED) is 0.902. The maximum Gasteiger partial charge on any atom is 0.269 e. The van der Waals surface area contributed by atoms with Crippen molar-refractivity contribution in [3.63, 3.8) is 0 Å². The first kappa shape index (κ1) is 19.2. The van der Waals surface area contributed by atoms with E-state index in [1.165, 1.54) is 25.7 Å². The molecule has 26 heavy (non-hydrogen) atoms. The molecule has 0 aromatic carbocycles. The molecule has 144 valence electrons. The summed E-state index contributed by atoms with van der Waals surface area (Å²) in [5.74, 6) is 0.716. The van der Waals surface area contributed by atoms with Crippen LogP contribution in [0.5, 0.6) is 0 Å². The number of rotatable bonds is 3. The van der Waals surface area contributed by atoms with Gasteiger partial charge in [-0.3, -0.25) is 9.69 Å². The van der Waals surface area contributed by atoms with E-state index in [1.807, 2.05) is 18.3 Å². The second-order valence-electron chi connectivity index (χ2n) is 8.89. The minimum atomic E-state index is -0.132. The number of hydrogen-bond donors (Lipinski definition) is 1. The van der Waals surface area contributed by atoms with Crippen molar-refractivity contribution < 1.29 is 4.79 Å². The molecule has 1 aliphatic carbocycles. The van der Waals surface area contributed by atoms with Gasteiger partial charge in [0, 0.05) is 39.3 Å². The normalized spacial score (nSPS) is 25.2. The van der Waals surface area contributed by atoms with Crippen molar-refractivity contribution in [2.45, 2.75) is 52.5 Å². The van der Waals surface area contributed by atoms with Crippen molar-refractivity contribution in [1.82, 2.24) is 15.2 Å². The molecular weight excluding hydrogens is 324 g/mol. The number of carbonyl (C=O) groups excluding carboxylic acids is 1. The summed E-state index contributed by atoms with van der Waals surface area (Å²) in [6, 6.07) is 4.59. The molecule has 1 aliphatic heterocycles. The molecule has 1 amide bonds. The van der Waals surface area contributed by atoms with Gasteiger partial charge in [-0.1, -0.05) is 27.2 Å². The van der Waals surface area contributed by atoms with Gasteiger partial charge in [0.15, 0.2) is 0 Å². The van der Waals surface area contributed by atoms with Crippen LogP contribution in [0, 0.1) is 11.3 Å². The maximum atomic E-state index is 11.6. The second kappa shape index (κ2) is 7.95. The van der Waals surface area contributed by atoms with Crippen LogP contribution < -0.4 is 10.2 Å². The van der Waals surface area contributed by atoms with Crippen LogP contribution >= 0.6 is 0 Å². The number of amides is 1. The van der Waals surface area contributed by atoms with Crippen LogP contribution in [0.1, 0.15) is 56.9 Å². The number of carbonyl (C=O) groups is 1. The standard InChI is InChI=1S/C21H34N4O/c1-21(2,3)16-6-5-7-17(14-16)24-10-12-25(13-11-24)18-8-9-19(23-15-18)20(26)22-4/h8-9,15-17H,5-7,10-14H2,1-4H3,(H,22,26)/t16-,17+/m1/s1. The van der Waals surface area contributed by atoms with E-state index in [9.17, 15) is 4.79 Å². The van der Waals surface area contributed by atoms with Crippen molar-refractivity contribution in [3.8, 4) is 0 Å². The fourth-order valence-corrected chi connectivity index (χ4v) is 4.46. The van der Waals surface area contributed by atoms with Crippen LogP contribution in [0.15, 0.2) is 18.3 Å². The molecular formula is C21H34N4O. The Kier molecular flexibility index (Phi) is 5.86. The van der Waals surface area contributed by atoms with Crippen molar-refractivity contribution >= 4 is 11.6 Å². The lowest BCUT2D eigenvalue weighted by atomic mass is 9.70. The van der Waals surface area contributed by atoms with Crippen molar-refractivity contribution in [2.24, 2.45) is 11.3 Å². The summed E-state index contributed by atoms with van der Waals surface area (Å²) in [6.45, 7) is 11.5. The average molecular weight is 359 g/mol. The van der Waals surface area contributed by atoms with Crippen molar-refractivity contribution in [2.75, 3.05) is 38.1 Å². The van der Waals surface area contributed by atoms with Crippen LogP contribution in [0.3, 0.4) is 0 Å². The van der Waals surface area contributed by atoms with Crippen LogP contribution in [0.4, 0.5) is 5.69 Å². The zero-order chi connectivity index (χ0) is 18.7. The van der Waals surface area contributed by atoms with E-state index in [4.69, 9.17) is 0 Å². The summed E-state index contributed by atoms with van der Waals surface area (Å²) in [5.41, 5.74) is 2.03. The summed E-state index contributed by atoms with van der Waals surface area (Å²) in [6.07, 6.45) is 7.30. The molecule has 0 spiro atoms. The second-order valence-corrected chi connectivity index (χ2v) is 8.89. The summed E-state index contributed by atoms with van der Waals surface area (Å²) < 4.78 is 0. The Morgan fingerprint density at radius 1 is 1.15 bits per heavy atom. The Morgan fingerprint density at radius 3 is 2.46 bits per heavy atom. The van der Waals surface area contributed by atoms with E-state index in [-0.39, 0.29) is 5.91 Å². The highest BCUT2D eigenvalue weighted by Crippen LogP contribution is 2.39. The third-order valence-corrected chi connectivity index (χ3v) is 6.27. The van der Waals surface area contributed by atoms with E-state index in [0.29, 0.717) is 11.1 Å². The Balaban J connectivity index is 1.55. The number of hydrogen-bond acceptors (Lipinski definition) is 4. The van der Waals surface area contributed by atoms with Gasteiger partial charge in [0.25, 0.3) is 5.91 Å². The monoisotopic (exact) mass is 358 g/mol. The summed E-state index contributed by atoms with van der Waals surface area (Å²) in [7, 11) is 1.63. The van der Waals surface area contributed by atoms with E-state index < -0.39 is 0 Å². The van der Waals surface area contributed by atoms with Crippen LogP contribution in [0.25, 0.3) is 0 Å². The lowest BCUT2D eigenvalue weighted by Crippen LogP contribution is -2.52. The van der Waals surface area contributed by atoms with Crippen LogP contribution in [-0.2, 0) is 0 Å². The Hall–Kier alpha value is -1.62. The molecule has 5 nitrogen and oxygen atoms in total. The molecule has 2 atom stereocenters. The molecule has 0 radical (unpaired) electrons. The largest absolute Gasteiger partial charge is 0.368 e. The van der Waals surface area contributed by atoms with E-state index >= 15 is 0 Å². The average Bonchev–Trinajstić information content (AvgIpc) is 2.67. The molecule has 0 unspecified atom stereocenters. The first-order valence-electron chi connectivity index (χ1n) is 10.1. The highest BCUT2D eigenvalue weighted by atomic mass is 16.1. The Bertz CT molecular complexity index is 599. The van der Waals surface area contributed by atoms with E-state index in [1.54, 1.807) is 7.05 Å². The molecule has 5 heteroatoms. The van der Waals surface area contributed by atoms with E-state index in [0.717, 1.165) is 43.8 Å². The summed E-state index contributed by atoms with van der Waals surface area (Å²) in [5, 5.41) is 2.61. The van der Waals surface area contributed by atoms with E-state index in [2.05, 4.69) is 40.9 Å². The van der Waals surface area contributed by atoms with Gasteiger partial charge in [-0.25, -0.2) is 4.98 Å². The summed E-state index contributed by atoms with van der Waals surface area (Å²) >= 11 is 0. The molecule has 1 aromatic rings. The zero-order valence-electron chi connectivity index (χ0n) is 16.8. The molecule has 1 N–H and O–H groups in total. The lowest BCUT2D eigenvalue weighted by Gasteiger charge is -2.45. The first-order chi connectivity index (χ1) is 12.4. The van der Waals surface area contributed by atoms with Gasteiger partial charge in [0.05, 0.1) is 11.9 Å². The maximum absolute atomic E-state index is 11.6. The molecule has 1 saturated heterocycles. The fraction of sp³-hybridized carbons (Fsp3) is 0.714. The van der Waals surface area contributed by atoms with Gasteiger partial charge < -0.3 is 10.2 Å². The molecule has 2 heterocycles. The topological polar surface area (TPSA) is 48.5 Å². The number of nitrogens with zero attached hydrogens (tertiary/aromatic N) is 3. The van der Waals surface area contributed by atoms with Gasteiger partial charge in [0.1, 0.15) is 5.69 Å². The third kappa shape index (κ3) is 4.37. The fourth-order valence-electron chi connectivity index (χ4n) is 4.46. The number of anilines is 1. The summed E-state index contributed by atoms with van der Waals surface area (Å²) in [4.78, 5) is 21.0. The van der Waals surface area contributed by atoms with Gasteiger partial charge in [-0.2, -0.15) is 0 Å². The molecule has 2 aliphatic rings. The highest BCUT2D eigenvalue weighted by molar-refractivity contribution is 5.92. The van der Waals surface area contributed by atoms with Gasteiger partial charge in [-0.05, 0) is 42.7 Å². The third-order valence-electron chi connectivity index (χ3n) is 6.27. The minimum Gasteiger partial charge on any atom is -0.368 e. The minimum absolute atomic E-state index is 0.132. The smallest absolute Gasteiger partial charge is 0.269 e. The molecule has 1 saturated carbocycles.